The number of carbonyl (C=O) groups is 2. The largest absolute Gasteiger partial charge is 0.449 e. The van der Waals surface area contributed by atoms with Gasteiger partial charge in [-0.25, -0.2) is 14.8 Å². The Labute approximate surface area is 110 Å². The highest BCUT2D eigenvalue weighted by Crippen LogP contribution is 2.21. The van der Waals surface area contributed by atoms with Crippen LogP contribution in [0.15, 0.2) is 12.4 Å². The van der Waals surface area contributed by atoms with Gasteiger partial charge in [0.2, 0.25) is 5.95 Å². The highest BCUT2D eigenvalue weighted by Gasteiger charge is 2.35. The Bertz CT molecular complexity index is 490. The van der Waals surface area contributed by atoms with Gasteiger partial charge in [-0.2, -0.15) is 0 Å². The van der Waals surface area contributed by atoms with Crippen LogP contribution in [0.1, 0.15) is 16.8 Å². The minimum absolute atomic E-state index is 0.157. The minimum atomic E-state index is -0.229. The molecule has 0 saturated carbocycles. The molecule has 0 radical (unpaired) electrons. The normalized spacial score (nSPS) is 22.7. The predicted octanol–water partition coefficient (Wildman–Crippen LogP) is 0.320. The number of hydrogen-bond donors (Lipinski definition) is 0. The molecule has 3 heterocycles. The van der Waals surface area contributed by atoms with Crippen LogP contribution in [-0.4, -0.2) is 59.5 Å². The molecule has 2 fully saturated rings. The van der Waals surface area contributed by atoms with Gasteiger partial charge in [-0.15, -0.1) is 0 Å². The average molecular weight is 262 g/mol. The Morgan fingerprint density at radius 2 is 2.11 bits per heavy atom. The van der Waals surface area contributed by atoms with E-state index in [1.54, 1.807) is 4.90 Å². The first kappa shape index (κ1) is 11.9. The smallest absolute Gasteiger partial charge is 0.410 e. The van der Waals surface area contributed by atoms with Crippen LogP contribution in [0.4, 0.5) is 10.7 Å². The molecular formula is C12H14N4O3. The highest BCUT2D eigenvalue weighted by molar-refractivity contribution is 5.73. The number of piperazine rings is 1. The molecule has 2 saturated heterocycles. The van der Waals surface area contributed by atoms with E-state index in [2.05, 4.69) is 9.97 Å². The Morgan fingerprint density at radius 1 is 1.32 bits per heavy atom. The summed E-state index contributed by atoms with van der Waals surface area (Å²) in [6, 6.07) is 0.157. The van der Waals surface area contributed by atoms with Gasteiger partial charge >= 0.3 is 6.09 Å². The highest BCUT2D eigenvalue weighted by atomic mass is 16.6. The molecule has 0 spiro atoms. The van der Waals surface area contributed by atoms with Crippen molar-refractivity contribution in [2.75, 3.05) is 31.1 Å². The summed E-state index contributed by atoms with van der Waals surface area (Å²) in [5.41, 5.74) is 0.462. The van der Waals surface area contributed by atoms with E-state index in [-0.39, 0.29) is 12.1 Å². The van der Waals surface area contributed by atoms with Crippen molar-refractivity contribution in [1.29, 1.82) is 0 Å². The van der Waals surface area contributed by atoms with Crippen LogP contribution in [0, 0.1) is 0 Å². The zero-order valence-electron chi connectivity index (χ0n) is 10.4. The molecule has 0 aliphatic carbocycles. The number of anilines is 1. The molecule has 3 rings (SSSR count). The maximum absolute atomic E-state index is 11.6. The topological polar surface area (TPSA) is 75.6 Å². The van der Waals surface area contributed by atoms with Crippen molar-refractivity contribution in [1.82, 2.24) is 14.9 Å². The number of rotatable bonds is 2. The summed E-state index contributed by atoms with van der Waals surface area (Å²) in [5.74, 6) is 0.601. The quantitative estimate of drug-likeness (QED) is 0.714. The Balaban J connectivity index is 1.73. The number of aldehydes is 1. The summed E-state index contributed by atoms with van der Waals surface area (Å²) >= 11 is 0. The molecule has 1 amide bonds. The summed E-state index contributed by atoms with van der Waals surface area (Å²) in [6.07, 6.45) is 4.34. The van der Waals surface area contributed by atoms with Crippen molar-refractivity contribution in [2.24, 2.45) is 0 Å². The first-order valence-electron chi connectivity index (χ1n) is 6.23. The second-order valence-corrected chi connectivity index (χ2v) is 4.63. The molecule has 2 aliphatic rings. The van der Waals surface area contributed by atoms with Gasteiger partial charge in [0, 0.05) is 38.4 Å². The predicted molar refractivity (Wildman–Crippen MR) is 66.1 cm³/mol. The van der Waals surface area contributed by atoms with Gasteiger partial charge < -0.3 is 14.5 Å². The van der Waals surface area contributed by atoms with Crippen molar-refractivity contribution < 1.29 is 14.3 Å². The molecule has 7 heteroatoms. The monoisotopic (exact) mass is 262 g/mol. The zero-order chi connectivity index (χ0) is 13.2. The van der Waals surface area contributed by atoms with Crippen molar-refractivity contribution in [3.8, 4) is 0 Å². The van der Waals surface area contributed by atoms with Gasteiger partial charge in [0.05, 0.1) is 18.2 Å². The van der Waals surface area contributed by atoms with Gasteiger partial charge in [-0.1, -0.05) is 0 Å². The molecule has 1 aromatic rings. The lowest BCUT2D eigenvalue weighted by molar-refractivity contribution is 0.0396. The van der Waals surface area contributed by atoms with Crippen molar-refractivity contribution in [3.63, 3.8) is 0 Å². The van der Waals surface area contributed by atoms with Gasteiger partial charge in [0.15, 0.2) is 6.29 Å². The van der Waals surface area contributed by atoms with Gasteiger partial charge in [-0.05, 0) is 0 Å². The number of ether oxygens (including phenoxy) is 1. The van der Waals surface area contributed by atoms with Crippen molar-refractivity contribution in [3.05, 3.63) is 18.0 Å². The molecule has 7 nitrogen and oxygen atoms in total. The lowest BCUT2D eigenvalue weighted by Gasteiger charge is -2.43. The Hall–Kier alpha value is -2.18. The van der Waals surface area contributed by atoms with E-state index >= 15 is 0 Å². The van der Waals surface area contributed by atoms with E-state index in [1.165, 1.54) is 12.4 Å². The number of nitrogens with zero attached hydrogens (tertiary/aromatic N) is 4. The third kappa shape index (κ3) is 2.23. The van der Waals surface area contributed by atoms with E-state index in [0.29, 0.717) is 37.8 Å². The van der Waals surface area contributed by atoms with E-state index < -0.39 is 0 Å². The maximum atomic E-state index is 11.6. The molecule has 1 aromatic heterocycles. The third-order valence-corrected chi connectivity index (χ3v) is 3.47. The van der Waals surface area contributed by atoms with E-state index in [4.69, 9.17) is 4.74 Å². The summed E-state index contributed by atoms with van der Waals surface area (Å²) in [4.78, 5) is 34.3. The van der Waals surface area contributed by atoms with E-state index in [1.807, 2.05) is 4.90 Å². The number of amides is 1. The molecule has 0 N–H and O–H groups in total. The number of fused-ring (bicyclic) bond motifs is 1. The van der Waals surface area contributed by atoms with Crippen LogP contribution >= 0.6 is 0 Å². The van der Waals surface area contributed by atoms with Gasteiger partial charge in [0.1, 0.15) is 0 Å². The molecule has 0 aromatic carbocycles. The molecule has 0 bridgehead atoms. The Morgan fingerprint density at radius 3 is 2.84 bits per heavy atom. The first-order valence-corrected chi connectivity index (χ1v) is 6.23. The molecule has 19 heavy (non-hydrogen) atoms. The Kier molecular flexibility index (Phi) is 3.02. The lowest BCUT2D eigenvalue weighted by Crippen LogP contribution is -2.58. The van der Waals surface area contributed by atoms with Crippen LogP contribution in [-0.2, 0) is 4.74 Å². The SMILES string of the molecule is O=Cc1cnc(N2CCN3C(=O)OCCC3C2)nc1. The van der Waals surface area contributed by atoms with Crippen molar-refractivity contribution in [2.45, 2.75) is 12.5 Å². The first-order chi connectivity index (χ1) is 9.28. The summed E-state index contributed by atoms with van der Waals surface area (Å²) in [5, 5.41) is 0. The molecule has 2 aliphatic heterocycles. The second-order valence-electron chi connectivity index (χ2n) is 4.63. The lowest BCUT2D eigenvalue weighted by atomic mass is 10.1. The van der Waals surface area contributed by atoms with Gasteiger partial charge in [0.25, 0.3) is 0 Å². The minimum Gasteiger partial charge on any atom is -0.449 e. The van der Waals surface area contributed by atoms with Gasteiger partial charge in [-0.3, -0.25) is 4.79 Å². The zero-order valence-corrected chi connectivity index (χ0v) is 10.4. The summed E-state index contributed by atoms with van der Waals surface area (Å²) in [7, 11) is 0. The van der Waals surface area contributed by atoms with Crippen LogP contribution < -0.4 is 4.90 Å². The second kappa shape index (κ2) is 4.83. The number of aromatic nitrogens is 2. The molecular weight excluding hydrogens is 248 g/mol. The van der Waals surface area contributed by atoms with E-state index in [9.17, 15) is 9.59 Å². The van der Waals surface area contributed by atoms with Crippen molar-refractivity contribution >= 4 is 18.3 Å². The molecule has 1 unspecified atom stereocenters. The molecule has 1 atom stereocenters. The number of carbonyl (C=O) groups excluding carboxylic acids is 2. The van der Waals surface area contributed by atoms with Crippen LogP contribution in [0.2, 0.25) is 0 Å². The fraction of sp³-hybridized carbons (Fsp3) is 0.500. The third-order valence-electron chi connectivity index (χ3n) is 3.47. The number of cyclic esters (lactones) is 1. The fourth-order valence-electron chi connectivity index (χ4n) is 2.44. The summed E-state index contributed by atoms with van der Waals surface area (Å²) < 4.78 is 5.02. The summed E-state index contributed by atoms with van der Waals surface area (Å²) in [6.45, 7) is 2.46. The van der Waals surface area contributed by atoms with Crippen LogP contribution in [0.5, 0.6) is 0 Å². The average Bonchev–Trinajstić information content (AvgIpc) is 2.47. The fourth-order valence-corrected chi connectivity index (χ4v) is 2.44. The standard InChI is InChI=1S/C12H14N4O3/c17-8-9-5-13-11(14-6-9)15-2-3-16-10(7-15)1-4-19-12(16)18/h5-6,8,10H,1-4,7H2. The molecule has 100 valence electrons. The number of hydrogen-bond acceptors (Lipinski definition) is 6. The maximum Gasteiger partial charge on any atom is 0.410 e. The van der Waals surface area contributed by atoms with E-state index in [0.717, 1.165) is 12.7 Å². The van der Waals surface area contributed by atoms with Crippen LogP contribution in [0.3, 0.4) is 0 Å². The van der Waals surface area contributed by atoms with Crippen LogP contribution in [0.25, 0.3) is 0 Å².